The first-order chi connectivity index (χ1) is 9.13. The van der Waals surface area contributed by atoms with Gasteiger partial charge in [-0.1, -0.05) is 24.9 Å². The Morgan fingerprint density at radius 2 is 2.26 bits per heavy atom. The summed E-state index contributed by atoms with van der Waals surface area (Å²) in [5, 5.41) is 4.21. The number of anilines is 1. The summed E-state index contributed by atoms with van der Waals surface area (Å²) >= 11 is 6.08. The molecule has 19 heavy (non-hydrogen) atoms. The zero-order chi connectivity index (χ0) is 13.8. The van der Waals surface area contributed by atoms with Crippen LogP contribution in [0.25, 0.3) is 10.9 Å². The Morgan fingerprint density at radius 1 is 1.47 bits per heavy atom. The molecule has 0 bridgehead atoms. The van der Waals surface area contributed by atoms with Gasteiger partial charge in [0.15, 0.2) is 0 Å². The molecule has 1 aromatic heterocycles. The third-order valence-corrected chi connectivity index (χ3v) is 3.22. The number of nitrogens with two attached hydrogens (primary N) is 1. The van der Waals surface area contributed by atoms with Crippen molar-refractivity contribution in [1.82, 2.24) is 4.98 Å². The lowest BCUT2D eigenvalue weighted by molar-refractivity contribution is -0.117. The molecule has 0 saturated heterocycles. The lowest BCUT2D eigenvalue weighted by Crippen LogP contribution is -2.35. The van der Waals surface area contributed by atoms with E-state index in [-0.39, 0.29) is 5.91 Å². The molecule has 0 spiro atoms. The van der Waals surface area contributed by atoms with Gasteiger partial charge in [-0.2, -0.15) is 0 Å². The Morgan fingerprint density at radius 3 is 3.00 bits per heavy atom. The molecule has 2 rings (SSSR count). The second kappa shape index (κ2) is 5.99. The fourth-order valence-electron chi connectivity index (χ4n) is 1.91. The van der Waals surface area contributed by atoms with E-state index in [0.717, 1.165) is 11.8 Å². The highest BCUT2D eigenvalue weighted by Crippen LogP contribution is 2.28. The maximum Gasteiger partial charge on any atom is 0.241 e. The van der Waals surface area contributed by atoms with Crippen LogP contribution in [0.3, 0.4) is 0 Å². The number of nitrogens with zero attached hydrogens (tertiary/aromatic N) is 1. The van der Waals surface area contributed by atoms with Crippen LogP contribution in [0, 0.1) is 0 Å². The molecular weight excluding hydrogens is 262 g/mol. The smallest absolute Gasteiger partial charge is 0.241 e. The molecule has 0 unspecified atom stereocenters. The van der Waals surface area contributed by atoms with Gasteiger partial charge in [-0.3, -0.25) is 9.78 Å². The number of halogens is 1. The first-order valence-electron chi connectivity index (χ1n) is 6.23. The molecule has 1 heterocycles. The molecule has 0 aliphatic rings. The van der Waals surface area contributed by atoms with Crippen LogP contribution in [-0.4, -0.2) is 16.9 Å². The van der Waals surface area contributed by atoms with E-state index in [0.29, 0.717) is 22.6 Å². The summed E-state index contributed by atoms with van der Waals surface area (Å²) in [6.07, 6.45) is 3.20. The Bertz CT molecular complexity index is 600. The van der Waals surface area contributed by atoms with E-state index >= 15 is 0 Å². The third kappa shape index (κ3) is 3.03. The number of carbonyl (C=O) groups is 1. The predicted molar refractivity (Wildman–Crippen MR) is 78.3 cm³/mol. The van der Waals surface area contributed by atoms with Gasteiger partial charge in [0, 0.05) is 11.6 Å². The summed E-state index contributed by atoms with van der Waals surface area (Å²) in [4.78, 5) is 16.2. The summed E-state index contributed by atoms with van der Waals surface area (Å²) in [5.74, 6) is -0.186. The second-order valence-corrected chi connectivity index (χ2v) is 4.79. The van der Waals surface area contributed by atoms with Gasteiger partial charge >= 0.3 is 0 Å². The summed E-state index contributed by atoms with van der Waals surface area (Å²) in [6.45, 7) is 1.99. The number of fused-ring (bicyclic) bond motifs is 1. The van der Waals surface area contributed by atoms with Gasteiger partial charge in [-0.05, 0) is 30.7 Å². The molecule has 0 radical (unpaired) electrons. The number of aromatic nitrogens is 1. The fraction of sp³-hybridized carbons (Fsp3) is 0.286. The van der Waals surface area contributed by atoms with Crippen molar-refractivity contribution in [3.05, 3.63) is 35.5 Å². The molecule has 1 amide bonds. The molecule has 0 saturated carbocycles. The topological polar surface area (TPSA) is 68.0 Å². The predicted octanol–water partition coefficient (Wildman–Crippen LogP) is 2.95. The van der Waals surface area contributed by atoms with E-state index in [4.69, 9.17) is 17.3 Å². The zero-order valence-electron chi connectivity index (χ0n) is 10.7. The summed E-state index contributed by atoms with van der Waals surface area (Å²) < 4.78 is 0. The Kier molecular flexibility index (Phi) is 4.35. The van der Waals surface area contributed by atoms with Gasteiger partial charge in [0.2, 0.25) is 5.91 Å². The SMILES string of the molecule is CCC[C@@H](N)C(=O)Nc1ccc(Cl)c2ncccc12. The van der Waals surface area contributed by atoms with Crippen molar-refractivity contribution >= 4 is 34.1 Å². The Labute approximate surface area is 117 Å². The number of amides is 1. The normalized spacial score (nSPS) is 12.4. The minimum Gasteiger partial charge on any atom is -0.324 e. The van der Waals surface area contributed by atoms with E-state index in [1.807, 2.05) is 13.0 Å². The van der Waals surface area contributed by atoms with Gasteiger partial charge in [-0.25, -0.2) is 0 Å². The van der Waals surface area contributed by atoms with Crippen molar-refractivity contribution in [1.29, 1.82) is 0 Å². The fourth-order valence-corrected chi connectivity index (χ4v) is 2.13. The quantitative estimate of drug-likeness (QED) is 0.903. The highest BCUT2D eigenvalue weighted by Gasteiger charge is 2.14. The van der Waals surface area contributed by atoms with Crippen molar-refractivity contribution in [2.24, 2.45) is 5.73 Å². The van der Waals surface area contributed by atoms with Gasteiger partial charge in [0.1, 0.15) is 0 Å². The Hall–Kier alpha value is -1.65. The van der Waals surface area contributed by atoms with Crippen LogP contribution < -0.4 is 11.1 Å². The first kappa shape index (κ1) is 13.8. The highest BCUT2D eigenvalue weighted by molar-refractivity contribution is 6.35. The van der Waals surface area contributed by atoms with Crippen molar-refractivity contribution in [2.45, 2.75) is 25.8 Å². The molecule has 0 aliphatic carbocycles. The average molecular weight is 278 g/mol. The van der Waals surface area contributed by atoms with E-state index in [2.05, 4.69) is 10.3 Å². The number of rotatable bonds is 4. The van der Waals surface area contributed by atoms with Crippen molar-refractivity contribution in [3.63, 3.8) is 0 Å². The Balaban J connectivity index is 2.31. The maximum atomic E-state index is 11.9. The lowest BCUT2D eigenvalue weighted by Gasteiger charge is -2.13. The standard InChI is InChI=1S/C14H16ClN3O/c1-2-4-11(16)14(19)18-12-7-6-10(15)13-9(12)5-3-8-17-13/h3,5-8,11H,2,4,16H2,1H3,(H,18,19)/t11-/m1/s1. The molecule has 1 aromatic carbocycles. The molecule has 4 nitrogen and oxygen atoms in total. The maximum absolute atomic E-state index is 11.9. The van der Waals surface area contributed by atoms with Gasteiger partial charge in [0.25, 0.3) is 0 Å². The molecule has 1 atom stereocenters. The molecular formula is C14H16ClN3O. The van der Waals surface area contributed by atoms with Crippen LogP contribution in [0.15, 0.2) is 30.5 Å². The van der Waals surface area contributed by atoms with E-state index < -0.39 is 6.04 Å². The zero-order valence-corrected chi connectivity index (χ0v) is 11.4. The molecule has 0 fully saturated rings. The largest absolute Gasteiger partial charge is 0.324 e. The highest BCUT2D eigenvalue weighted by atomic mass is 35.5. The second-order valence-electron chi connectivity index (χ2n) is 4.38. The number of nitrogens with one attached hydrogen (secondary N) is 1. The number of carbonyl (C=O) groups excluding carboxylic acids is 1. The molecule has 5 heteroatoms. The van der Waals surface area contributed by atoms with Gasteiger partial charge in [-0.15, -0.1) is 0 Å². The van der Waals surface area contributed by atoms with Crippen LogP contribution in [0.4, 0.5) is 5.69 Å². The van der Waals surface area contributed by atoms with E-state index in [1.165, 1.54) is 0 Å². The van der Waals surface area contributed by atoms with E-state index in [9.17, 15) is 4.79 Å². The minimum atomic E-state index is -0.493. The lowest BCUT2D eigenvalue weighted by atomic mass is 10.1. The molecule has 2 aromatic rings. The van der Waals surface area contributed by atoms with Crippen LogP contribution in [-0.2, 0) is 4.79 Å². The van der Waals surface area contributed by atoms with Crippen molar-refractivity contribution in [3.8, 4) is 0 Å². The third-order valence-electron chi connectivity index (χ3n) is 2.91. The van der Waals surface area contributed by atoms with Crippen LogP contribution in [0.1, 0.15) is 19.8 Å². The summed E-state index contributed by atoms with van der Waals surface area (Å²) in [5.41, 5.74) is 7.15. The number of pyridine rings is 1. The molecule has 3 N–H and O–H groups in total. The summed E-state index contributed by atoms with van der Waals surface area (Å²) in [6, 6.07) is 6.67. The monoisotopic (exact) mass is 277 g/mol. The first-order valence-corrected chi connectivity index (χ1v) is 6.61. The molecule has 100 valence electrons. The van der Waals surface area contributed by atoms with Crippen LogP contribution in [0.5, 0.6) is 0 Å². The van der Waals surface area contributed by atoms with Crippen LogP contribution in [0.2, 0.25) is 5.02 Å². The van der Waals surface area contributed by atoms with Crippen LogP contribution >= 0.6 is 11.6 Å². The van der Waals surface area contributed by atoms with Gasteiger partial charge < -0.3 is 11.1 Å². The average Bonchev–Trinajstić information content (AvgIpc) is 2.42. The minimum absolute atomic E-state index is 0.186. The number of hydrogen-bond donors (Lipinski definition) is 2. The number of hydrogen-bond acceptors (Lipinski definition) is 3. The van der Waals surface area contributed by atoms with E-state index in [1.54, 1.807) is 24.4 Å². The number of benzene rings is 1. The van der Waals surface area contributed by atoms with Gasteiger partial charge in [0.05, 0.1) is 22.3 Å². The van der Waals surface area contributed by atoms with Crippen molar-refractivity contribution in [2.75, 3.05) is 5.32 Å². The summed E-state index contributed by atoms with van der Waals surface area (Å²) in [7, 11) is 0. The van der Waals surface area contributed by atoms with Crippen molar-refractivity contribution < 1.29 is 4.79 Å². The molecule has 0 aliphatic heterocycles.